The van der Waals surface area contributed by atoms with Crippen LogP contribution in [0.1, 0.15) is 17.2 Å². The van der Waals surface area contributed by atoms with E-state index < -0.39 is 0 Å². The maximum atomic E-state index is 6.08. The predicted octanol–water partition coefficient (Wildman–Crippen LogP) is 1.91. The van der Waals surface area contributed by atoms with Crippen LogP contribution in [0.2, 0.25) is 5.02 Å². The van der Waals surface area contributed by atoms with Gasteiger partial charge in [0, 0.05) is 17.1 Å². The van der Waals surface area contributed by atoms with Gasteiger partial charge in [0.2, 0.25) is 0 Å². The van der Waals surface area contributed by atoms with Gasteiger partial charge in [0.15, 0.2) is 0 Å². The molecule has 0 aromatic heterocycles. The molecule has 1 heterocycles. The lowest BCUT2D eigenvalue weighted by atomic mass is 9.97. The molecular formula is C10H12ClNO. The summed E-state index contributed by atoms with van der Waals surface area (Å²) in [7, 11) is 0. The summed E-state index contributed by atoms with van der Waals surface area (Å²) in [4.78, 5) is 0. The van der Waals surface area contributed by atoms with Gasteiger partial charge in [-0.3, -0.25) is 0 Å². The first-order valence-electron chi connectivity index (χ1n) is 4.42. The summed E-state index contributed by atoms with van der Waals surface area (Å²) in [5.74, 6) is 0. The second-order valence-corrected chi connectivity index (χ2v) is 3.56. The molecular weight excluding hydrogens is 186 g/mol. The van der Waals surface area contributed by atoms with E-state index in [-0.39, 0.29) is 6.10 Å². The number of halogens is 1. The van der Waals surface area contributed by atoms with Gasteiger partial charge >= 0.3 is 0 Å². The van der Waals surface area contributed by atoms with E-state index in [0.29, 0.717) is 6.54 Å². The average molecular weight is 198 g/mol. The Labute approximate surface area is 82.6 Å². The van der Waals surface area contributed by atoms with E-state index in [2.05, 4.69) is 6.07 Å². The Morgan fingerprint density at radius 3 is 3.15 bits per heavy atom. The number of hydrogen-bond donors (Lipinski definition) is 1. The SMILES string of the molecule is NCC1OCCc2cccc(Cl)c21. The molecule has 1 unspecified atom stereocenters. The van der Waals surface area contributed by atoms with E-state index in [1.54, 1.807) is 0 Å². The number of fused-ring (bicyclic) bond motifs is 1. The van der Waals surface area contributed by atoms with Crippen LogP contribution in [0.3, 0.4) is 0 Å². The molecule has 2 N–H and O–H groups in total. The quantitative estimate of drug-likeness (QED) is 0.747. The molecule has 3 heteroatoms. The molecule has 0 aliphatic carbocycles. The Bertz CT molecular complexity index is 314. The van der Waals surface area contributed by atoms with Gasteiger partial charge < -0.3 is 10.5 Å². The van der Waals surface area contributed by atoms with E-state index in [1.807, 2.05) is 12.1 Å². The molecule has 0 amide bonds. The molecule has 2 nitrogen and oxygen atoms in total. The third kappa shape index (κ3) is 1.57. The Hall–Kier alpha value is -0.570. The molecule has 1 aliphatic rings. The summed E-state index contributed by atoms with van der Waals surface area (Å²) in [5, 5.41) is 0.771. The van der Waals surface area contributed by atoms with Crippen molar-refractivity contribution in [1.29, 1.82) is 0 Å². The Kier molecular flexibility index (Phi) is 2.54. The molecule has 0 saturated heterocycles. The van der Waals surface area contributed by atoms with E-state index in [4.69, 9.17) is 22.1 Å². The van der Waals surface area contributed by atoms with Gasteiger partial charge in [-0.25, -0.2) is 0 Å². The van der Waals surface area contributed by atoms with E-state index >= 15 is 0 Å². The summed E-state index contributed by atoms with van der Waals surface area (Å²) in [6.07, 6.45) is 0.921. The maximum Gasteiger partial charge on any atom is 0.0964 e. The zero-order valence-electron chi connectivity index (χ0n) is 7.29. The van der Waals surface area contributed by atoms with Crippen LogP contribution >= 0.6 is 11.6 Å². The molecule has 0 bridgehead atoms. The van der Waals surface area contributed by atoms with Crippen molar-refractivity contribution in [1.82, 2.24) is 0 Å². The second kappa shape index (κ2) is 3.66. The molecule has 0 fully saturated rings. The van der Waals surface area contributed by atoms with Gasteiger partial charge in [0.1, 0.15) is 0 Å². The molecule has 1 aromatic carbocycles. The van der Waals surface area contributed by atoms with Crippen LogP contribution in [0.15, 0.2) is 18.2 Å². The molecule has 0 radical (unpaired) electrons. The fourth-order valence-corrected chi connectivity index (χ4v) is 2.06. The Morgan fingerprint density at radius 1 is 1.54 bits per heavy atom. The average Bonchev–Trinajstić information content (AvgIpc) is 2.17. The molecule has 0 spiro atoms. The van der Waals surface area contributed by atoms with Crippen molar-refractivity contribution in [2.75, 3.05) is 13.2 Å². The highest BCUT2D eigenvalue weighted by Crippen LogP contribution is 2.32. The Balaban J connectivity index is 2.47. The molecule has 1 aliphatic heterocycles. The number of rotatable bonds is 1. The van der Waals surface area contributed by atoms with E-state index in [9.17, 15) is 0 Å². The van der Waals surface area contributed by atoms with Crippen molar-refractivity contribution in [3.05, 3.63) is 34.3 Å². The number of benzene rings is 1. The van der Waals surface area contributed by atoms with Gasteiger partial charge in [0.25, 0.3) is 0 Å². The predicted molar refractivity (Wildman–Crippen MR) is 52.9 cm³/mol. The lowest BCUT2D eigenvalue weighted by Crippen LogP contribution is -2.23. The van der Waals surface area contributed by atoms with Gasteiger partial charge in [-0.1, -0.05) is 23.7 Å². The van der Waals surface area contributed by atoms with Gasteiger partial charge in [-0.05, 0) is 18.1 Å². The summed E-state index contributed by atoms with van der Waals surface area (Å²) in [5.41, 5.74) is 7.96. The van der Waals surface area contributed by atoms with Crippen LogP contribution in [-0.2, 0) is 11.2 Å². The van der Waals surface area contributed by atoms with E-state index in [0.717, 1.165) is 23.6 Å². The van der Waals surface area contributed by atoms with Gasteiger partial charge in [-0.15, -0.1) is 0 Å². The van der Waals surface area contributed by atoms with Crippen molar-refractivity contribution < 1.29 is 4.74 Å². The minimum Gasteiger partial charge on any atom is -0.372 e. The first-order valence-corrected chi connectivity index (χ1v) is 4.79. The van der Waals surface area contributed by atoms with Crippen LogP contribution in [-0.4, -0.2) is 13.2 Å². The van der Waals surface area contributed by atoms with Crippen LogP contribution in [0.25, 0.3) is 0 Å². The zero-order chi connectivity index (χ0) is 9.26. The minimum atomic E-state index is -0.0163. The number of ether oxygens (including phenoxy) is 1. The minimum absolute atomic E-state index is 0.0163. The molecule has 13 heavy (non-hydrogen) atoms. The highest BCUT2D eigenvalue weighted by molar-refractivity contribution is 6.31. The van der Waals surface area contributed by atoms with Crippen molar-refractivity contribution in [2.24, 2.45) is 5.73 Å². The number of hydrogen-bond acceptors (Lipinski definition) is 2. The van der Waals surface area contributed by atoms with Crippen molar-refractivity contribution in [3.63, 3.8) is 0 Å². The van der Waals surface area contributed by atoms with Gasteiger partial charge in [-0.2, -0.15) is 0 Å². The topological polar surface area (TPSA) is 35.2 Å². The third-order valence-corrected chi connectivity index (χ3v) is 2.70. The van der Waals surface area contributed by atoms with Crippen LogP contribution in [0.5, 0.6) is 0 Å². The largest absolute Gasteiger partial charge is 0.372 e. The summed E-state index contributed by atoms with van der Waals surface area (Å²) >= 11 is 6.08. The molecule has 1 atom stereocenters. The highest BCUT2D eigenvalue weighted by atomic mass is 35.5. The molecule has 2 rings (SSSR count). The zero-order valence-corrected chi connectivity index (χ0v) is 8.05. The smallest absolute Gasteiger partial charge is 0.0964 e. The monoisotopic (exact) mass is 197 g/mol. The first kappa shape index (κ1) is 9.00. The van der Waals surface area contributed by atoms with Gasteiger partial charge in [0.05, 0.1) is 12.7 Å². The normalized spacial score (nSPS) is 21.2. The fourth-order valence-electron chi connectivity index (χ4n) is 1.74. The maximum absolute atomic E-state index is 6.08. The van der Waals surface area contributed by atoms with Crippen molar-refractivity contribution >= 4 is 11.6 Å². The first-order chi connectivity index (χ1) is 6.33. The lowest BCUT2D eigenvalue weighted by Gasteiger charge is -2.25. The Morgan fingerprint density at radius 2 is 2.38 bits per heavy atom. The number of nitrogens with two attached hydrogens (primary N) is 1. The second-order valence-electron chi connectivity index (χ2n) is 3.16. The highest BCUT2D eigenvalue weighted by Gasteiger charge is 2.21. The van der Waals surface area contributed by atoms with Crippen molar-refractivity contribution in [2.45, 2.75) is 12.5 Å². The van der Waals surface area contributed by atoms with E-state index in [1.165, 1.54) is 5.56 Å². The van der Waals surface area contributed by atoms with Crippen LogP contribution < -0.4 is 5.73 Å². The molecule has 0 saturated carbocycles. The van der Waals surface area contributed by atoms with Crippen LogP contribution in [0, 0.1) is 0 Å². The van der Waals surface area contributed by atoms with Crippen molar-refractivity contribution in [3.8, 4) is 0 Å². The third-order valence-electron chi connectivity index (χ3n) is 2.37. The molecule has 1 aromatic rings. The van der Waals surface area contributed by atoms with Crippen LogP contribution in [0.4, 0.5) is 0 Å². The molecule has 70 valence electrons. The lowest BCUT2D eigenvalue weighted by molar-refractivity contribution is 0.0486. The summed E-state index contributed by atoms with van der Waals surface area (Å²) in [6.45, 7) is 1.24. The summed E-state index contributed by atoms with van der Waals surface area (Å²) < 4.78 is 5.52. The summed E-state index contributed by atoms with van der Waals surface area (Å²) in [6, 6.07) is 5.95. The standard InChI is InChI=1S/C10H12ClNO/c11-8-3-1-2-7-4-5-13-9(6-12)10(7)8/h1-3,9H,4-6,12H2. The fraction of sp³-hybridized carbons (Fsp3) is 0.400.